The first-order valence-corrected chi connectivity index (χ1v) is 6.99. The van der Waals surface area contributed by atoms with Crippen LogP contribution in [0.25, 0.3) is 0 Å². The Hall–Kier alpha value is -1.18. The van der Waals surface area contributed by atoms with Crippen LogP contribution < -0.4 is 4.72 Å². The molecular weight excluding hydrogens is 308 g/mol. The van der Waals surface area contributed by atoms with Crippen LogP contribution in [0.1, 0.15) is 5.76 Å². The van der Waals surface area contributed by atoms with Crippen LogP contribution in [0.5, 0.6) is 0 Å². The van der Waals surface area contributed by atoms with E-state index < -0.39 is 10.0 Å². The van der Waals surface area contributed by atoms with Gasteiger partial charge in [-0.2, -0.15) is 0 Å². The summed E-state index contributed by atoms with van der Waals surface area (Å²) in [5, 5.41) is -0.0211. The lowest BCUT2D eigenvalue weighted by molar-refractivity contribution is 0.498. The minimum atomic E-state index is -3.60. The quantitative estimate of drug-likeness (QED) is 0.935. The maximum atomic E-state index is 11.8. The number of halogens is 1. The predicted octanol–water partition coefficient (Wildman–Crippen LogP) is 1.92. The standard InChI is InChI=1S/C10H9BrN2O3S/c11-8-3-4-10(12-6-8)17(14,15)13-7-9-2-1-5-16-9/h1-6,13H,7H2. The van der Waals surface area contributed by atoms with E-state index in [2.05, 4.69) is 25.6 Å². The Balaban J connectivity index is 2.11. The van der Waals surface area contributed by atoms with Crippen LogP contribution in [0, 0.1) is 0 Å². The first-order valence-electron chi connectivity index (χ1n) is 4.71. The Kier molecular flexibility index (Phi) is 3.60. The predicted molar refractivity (Wildman–Crippen MR) is 64.7 cm³/mol. The summed E-state index contributed by atoms with van der Waals surface area (Å²) in [6, 6.07) is 6.43. The first-order chi connectivity index (χ1) is 8.08. The highest BCUT2D eigenvalue weighted by Gasteiger charge is 2.15. The molecule has 0 amide bonds. The molecule has 1 N–H and O–H groups in total. The van der Waals surface area contributed by atoms with E-state index in [1.165, 1.54) is 18.5 Å². The molecule has 17 heavy (non-hydrogen) atoms. The van der Waals surface area contributed by atoms with Crippen molar-refractivity contribution in [2.24, 2.45) is 0 Å². The molecule has 2 aromatic heterocycles. The van der Waals surface area contributed by atoms with E-state index in [0.717, 1.165) is 4.47 Å². The average molecular weight is 317 g/mol. The van der Waals surface area contributed by atoms with Gasteiger partial charge in [0.25, 0.3) is 10.0 Å². The molecule has 0 fully saturated rings. The molecule has 0 bridgehead atoms. The third-order valence-electron chi connectivity index (χ3n) is 1.99. The van der Waals surface area contributed by atoms with Gasteiger partial charge in [-0.25, -0.2) is 18.1 Å². The zero-order chi connectivity index (χ0) is 12.3. The lowest BCUT2D eigenvalue weighted by Gasteiger charge is -2.04. The number of furan rings is 1. The summed E-state index contributed by atoms with van der Waals surface area (Å²) in [7, 11) is -3.60. The molecule has 5 nitrogen and oxygen atoms in total. The second-order valence-corrected chi connectivity index (χ2v) is 5.85. The molecule has 0 spiro atoms. The number of pyridine rings is 1. The van der Waals surface area contributed by atoms with Crippen molar-refractivity contribution in [2.45, 2.75) is 11.6 Å². The molecular formula is C10H9BrN2O3S. The Labute approximate surface area is 107 Å². The minimum Gasteiger partial charge on any atom is -0.468 e. The number of rotatable bonds is 4. The minimum absolute atomic E-state index is 0.0211. The maximum absolute atomic E-state index is 11.8. The summed E-state index contributed by atoms with van der Waals surface area (Å²) in [6.07, 6.45) is 2.92. The fraction of sp³-hybridized carbons (Fsp3) is 0.100. The SMILES string of the molecule is O=S(=O)(NCc1ccco1)c1ccc(Br)cn1. The lowest BCUT2D eigenvalue weighted by atomic mass is 10.5. The van der Waals surface area contributed by atoms with Crippen LogP contribution in [0.2, 0.25) is 0 Å². The third-order valence-corrected chi connectivity index (χ3v) is 3.78. The molecule has 0 saturated carbocycles. The molecule has 0 saturated heterocycles. The highest BCUT2D eigenvalue weighted by molar-refractivity contribution is 9.10. The van der Waals surface area contributed by atoms with Crippen molar-refractivity contribution in [3.05, 3.63) is 47.0 Å². The van der Waals surface area contributed by atoms with Crippen molar-refractivity contribution in [3.8, 4) is 0 Å². The van der Waals surface area contributed by atoms with Crippen molar-refractivity contribution in [1.82, 2.24) is 9.71 Å². The monoisotopic (exact) mass is 316 g/mol. The molecule has 0 unspecified atom stereocenters. The van der Waals surface area contributed by atoms with Gasteiger partial charge in [-0.1, -0.05) is 0 Å². The summed E-state index contributed by atoms with van der Waals surface area (Å²) in [5.74, 6) is 0.547. The van der Waals surface area contributed by atoms with Gasteiger partial charge in [0.15, 0.2) is 5.03 Å². The maximum Gasteiger partial charge on any atom is 0.258 e. The van der Waals surface area contributed by atoms with Crippen molar-refractivity contribution in [1.29, 1.82) is 0 Å². The van der Waals surface area contributed by atoms with Gasteiger partial charge in [0.05, 0.1) is 12.8 Å². The third kappa shape index (κ3) is 3.15. The molecule has 2 heterocycles. The highest BCUT2D eigenvalue weighted by Crippen LogP contribution is 2.11. The zero-order valence-electron chi connectivity index (χ0n) is 8.63. The van der Waals surface area contributed by atoms with Gasteiger partial charge in [0, 0.05) is 10.7 Å². The summed E-state index contributed by atoms with van der Waals surface area (Å²) in [5.41, 5.74) is 0. The number of hydrogen-bond acceptors (Lipinski definition) is 4. The smallest absolute Gasteiger partial charge is 0.258 e. The van der Waals surface area contributed by atoms with Gasteiger partial charge in [-0.15, -0.1) is 0 Å². The van der Waals surface area contributed by atoms with Crippen molar-refractivity contribution in [2.75, 3.05) is 0 Å². The fourth-order valence-electron chi connectivity index (χ4n) is 1.17. The highest BCUT2D eigenvalue weighted by atomic mass is 79.9. The number of sulfonamides is 1. The Morgan fingerprint density at radius 1 is 1.35 bits per heavy atom. The van der Waals surface area contributed by atoms with Crippen LogP contribution >= 0.6 is 15.9 Å². The molecule has 2 rings (SSSR count). The Morgan fingerprint density at radius 2 is 2.18 bits per heavy atom. The van der Waals surface area contributed by atoms with E-state index in [9.17, 15) is 8.42 Å². The molecule has 0 radical (unpaired) electrons. The molecule has 2 aromatic rings. The van der Waals surface area contributed by atoms with Gasteiger partial charge in [0.1, 0.15) is 5.76 Å². The molecule has 90 valence electrons. The summed E-state index contributed by atoms with van der Waals surface area (Å²) in [4.78, 5) is 3.82. The van der Waals surface area contributed by atoms with Crippen LogP contribution in [-0.4, -0.2) is 13.4 Å². The van der Waals surface area contributed by atoms with Gasteiger partial charge in [-0.05, 0) is 40.2 Å². The summed E-state index contributed by atoms with van der Waals surface area (Å²) >= 11 is 3.19. The molecule has 0 atom stereocenters. The number of nitrogens with one attached hydrogen (secondary N) is 1. The molecule has 0 aliphatic heterocycles. The number of nitrogens with zero attached hydrogens (tertiary/aromatic N) is 1. The van der Waals surface area contributed by atoms with Gasteiger partial charge in [0.2, 0.25) is 0 Å². The fourth-order valence-corrected chi connectivity index (χ4v) is 2.33. The topological polar surface area (TPSA) is 72.2 Å². The number of hydrogen-bond donors (Lipinski definition) is 1. The Morgan fingerprint density at radius 3 is 2.76 bits per heavy atom. The van der Waals surface area contributed by atoms with E-state index in [1.807, 2.05) is 0 Å². The van der Waals surface area contributed by atoms with E-state index >= 15 is 0 Å². The second-order valence-electron chi connectivity index (χ2n) is 3.22. The average Bonchev–Trinajstić information content (AvgIpc) is 2.80. The second kappa shape index (κ2) is 4.99. The van der Waals surface area contributed by atoms with E-state index in [-0.39, 0.29) is 11.6 Å². The van der Waals surface area contributed by atoms with Crippen molar-refractivity contribution >= 4 is 26.0 Å². The normalized spacial score (nSPS) is 11.6. The van der Waals surface area contributed by atoms with Gasteiger partial charge in [-0.3, -0.25) is 0 Å². The van der Waals surface area contributed by atoms with E-state index in [1.54, 1.807) is 18.2 Å². The zero-order valence-corrected chi connectivity index (χ0v) is 11.0. The summed E-state index contributed by atoms with van der Waals surface area (Å²) < 4.78 is 31.8. The van der Waals surface area contributed by atoms with Crippen LogP contribution in [0.4, 0.5) is 0 Å². The van der Waals surface area contributed by atoms with Crippen molar-refractivity contribution < 1.29 is 12.8 Å². The van der Waals surface area contributed by atoms with E-state index in [4.69, 9.17) is 4.42 Å². The first kappa shape index (κ1) is 12.3. The van der Waals surface area contributed by atoms with Gasteiger partial charge < -0.3 is 4.42 Å². The Bertz CT molecular complexity index is 579. The molecule has 0 aromatic carbocycles. The van der Waals surface area contributed by atoms with Crippen molar-refractivity contribution in [3.63, 3.8) is 0 Å². The van der Waals surface area contributed by atoms with Gasteiger partial charge >= 0.3 is 0 Å². The van der Waals surface area contributed by atoms with Crippen LogP contribution in [-0.2, 0) is 16.6 Å². The summed E-state index contributed by atoms with van der Waals surface area (Å²) in [6.45, 7) is 0.104. The lowest BCUT2D eigenvalue weighted by Crippen LogP contribution is -2.23. The molecule has 7 heteroatoms. The molecule has 0 aliphatic rings. The van der Waals surface area contributed by atoms with Crippen LogP contribution in [0.3, 0.4) is 0 Å². The molecule has 0 aliphatic carbocycles. The van der Waals surface area contributed by atoms with E-state index in [0.29, 0.717) is 5.76 Å². The largest absolute Gasteiger partial charge is 0.468 e. The number of aromatic nitrogens is 1. The van der Waals surface area contributed by atoms with Crippen LogP contribution in [0.15, 0.2) is 50.6 Å².